The van der Waals surface area contributed by atoms with Crippen molar-refractivity contribution in [3.8, 4) is 23.3 Å². The van der Waals surface area contributed by atoms with E-state index in [1.807, 2.05) is 13.0 Å². The van der Waals surface area contributed by atoms with Crippen molar-refractivity contribution in [1.29, 1.82) is 5.26 Å². The van der Waals surface area contributed by atoms with E-state index in [2.05, 4.69) is 27.8 Å². The molecule has 28 heavy (non-hydrogen) atoms. The number of nitriles is 1. The molecule has 2 aromatic rings. The van der Waals surface area contributed by atoms with E-state index >= 15 is 0 Å². The van der Waals surface area contributed by atoms with Gasteiger partial charge in [-0.1, -0.05) is 28.6 Å². The molecule has 0 aliphatic heterocycles. The van der Waals surface area contributed by atoms with Gasteiger partial charge in [-0.05, 0) is 55.0 Å². The van der Waals surface area contributed by atoms with Gasteiger partial charge in [0.15, 0.2) is 11.5 Å². The average Bonchev–Trinajstić information content (AvgIpc) is 2.68. The number of phenols is 1. The molecule has 2 aromatic carbocycles. The maximum absolute atomic E-state index is 12.4. The van der Waals surface area contributed by atoms with Crippen molar-refractivity contribution < 1.29 is 19.4 Å². The second kappa shape index (κ2) is 10.2. The summed E-state index contributed by atoms with van der Waals surface area (Å²) >= 11 is 3.43. The lowest BCUT2D eigenvalue weighted by molar-refractivity contribution is -0.112. The normalized spacial score (nSPS) is 10.7. The molecule has 0 unspecified atom stereocenters. The number of nitrogens with one attached hydrogen (secondary N) is 1. The predicted octanol–water partition coefficient (Wildman–Crippen LogP) is 4.66. The molecule has 7 heteroatoms. The van der Waals surface area contributed by atoms with Gasteiger partial charge in [-0.15, -0.1) is 0 Å². The number of rotatable bonds is 8. The summed E-state index contributed by atoms with van der Waals surface area (Å²) in [6.45, 7) is 6.22. The molecule has 0 bridgehead atoms. The lowest BCUT2D eigenvalue weighted by atomic mass is 10.1. The quantitative estimate of drug-likeness (QED) is 0.268. The molecule has 2 rings (SSSR count). The van der Waals surface area contributed by atoms with Crippen molar-refractivity contribution in [2.45, 2.75) is 6.92 Å². The number of aromatic hydroxyl groups is 1. The summed E-state index contributed by atoms with van der Waals surface area (Å²) in [5, 5.41) is 21.3. The molecule has 6 nitrogen and oxygen atoms in total. The van der Waals surface area contributed by atoms with Crippen molar-refractivity contribution in [3.05, 3.63) is 64.7 Å². The van der Waals surface area contributed by atoms with Crippen molar-refractivity contribution in [1.82, 2.24) is 0 Å². The highest BCUT2D eigenvalue weighted by Crippen LogP contribution is 2.35. The molecule has 0 aliphatic rings. The van der Waals surface area contributed by atoms with Gasteiger partial charge in [0.05, 0.1) is 6.61 Å². The Morgan fingerprint density at radius 2 is 1.96 bits per heavy atom. The van der Waals surface area contributed by atoms with E-state index in [-0.39, 0.29) is 11.3 Å². The zero-order valence-electron chi connectivity index (χ0n) is 15.2. The van der Waals surface area contributed by atoms with E-state index in [9.17, 15) is 15.2 Å². The van der Waals surface area contributed by atoms with E-state index in [1.165, 1.54) is 30.3 Å². The third-order valence-electron chi connectivity index (χ3n) is 3.51. The molecule has 0 aliphatic carbocycles. The summed E-state index contributed by atoms with van der Waals surface area (Å²) in [7, 11) is 0. The fraction of sp³-hybridized carbons (Fsp3) is 0.143. The van der Waals surface area contributed by atoms with Gasteiger partial charge in [0.25, 0.3) is 5.91 Å². The minimum atomic E-state index is -0.565. The Bertz CT molecular complexity index is 931. The van der Waals surface area contributed by atoms with E-state index < -0.39 is 5.91 Å². The van der Waals surface area contributed by atoms with Crippen LogP contribution in [0.15, 0.2) is 59.1 Å². The highest BCUT2D eigenvalue weighted by molar-refractivity contribution is 9.10. The van der Waals surface area contributed by atoms with Crippen LogP contribution in [0.1, 0.15) is 12.5 Å². The average molecular weight is 443 g/mol. The predicted molar refractivity (Wildman–Crippen MR) is 111 cm³/mol. The lowest BCUT2D eigenvalue weighted by Crippen LogP contribution is -2.13. The maximum atomic E-state index is 12.4. The van der Waals surface area contributed by atoms with Crippen molar-refractivity contribution >= 4 is 33.6 Å². The standard InChI is InChI=1S/C21H19BrN2O4/c1-3-9-28-20-12-18(22)14(11-19(20)27-4-2)10-15(13-23)21(26)24-16-5-7-17(25)8-6-16/h3,5-8,10-12,25H,1,4,9H2,2H3,(H,24,26)/b15-10+. The van der Waals surface area contributed by atoms with Gasteiger partial charge in [-0.3, -0.25) is 4.79 Å². The molecular weight excluding hydrogens is 424 g/mol. The molecule has 0 fully saturated rings. The van der Waals surface area contributed by atoms with Gasteiger partial charge >= 0.3 is 0 Å². The maximum Gasteiger partial charge on any atom is 0.266 e. The Kier molecular flexibility index (Phi) is 7.66. The van der Waals surface area contributed by atoms with Crippen LogP contribution < -0.4 is 14.8 Å². The van der Waals surface area contributed by atoms with Crippen LogP contribution in [-0.4, -0.2) is 24.2 Å². The second-order valence-electron chi connectivity index (χ2n) is 5.52. The van der Waals surface area contributed by atoms with Gasteiger partial charge in [-0.25, -0.2) is 0 Å². The first-order valence-corrected chi connectivity index (χ1v) is 9.20. The number of amides is 1. The summed E-state index contributed by atoms with van der Waals surface area (Å²) in [6, 6.07) is 11.3. The fourth-order valence-corrected chi connectivity index (χ4v) is 2.68. The molecule has 0 spiro atoms. The number of phenolic OH excluding ortho intramolecular Hbond substituents is 1. The Morgan fingerprint density at radius 3 is 2.57 bits per heavy atom. The molecule has 0 atom stereocenters. The minimum absolute atomic E-state index is 0.0835. The number of anilines is 1. The first-order chi connectivity index (χ1) is 13.5. The van der Waals surface area contributed by atoms with Crippen molar-refractivity contribution in [2.75, 3.05) is 18.5 Å². The van der Waals surface area contributed by atoms with Gasteiger partial charge in [0, 0.05) is 10.2 Å². The third kappa shape index (κ3) is 5.63. The van der Waals surface area contributed by atoms with Gasteiger partial charge in [-0.2, -0.15) is 5.26 Å². The Hall–Kier alpha value is -3.24. The van der Waals surface area contributed by atoms with Crippen LogP contribution in [0.4, 0.5) is 5.69 Å². The summed E-state index contributed by atoms with van der Waals surface area (Å²) in [5.74, 6) is 0.540. The molecule has 0 heterocycles. The summed E-state index contributed by atoms with van der Waals surface area (Å²) in [6.07, 6.45) is 3.08. The first-order valence-electron chi connectivity index (χ1n) is 8.40. The molecule has 144 valence electrons. The molecule has 0 saturated heterocycles. The molecule has 0 radical (unpaired) electrons. The highest BCUT2D eigenvalue weighted by Gasteiger charge is 2.14. The second-order valence-corrected chi connectivity index (χ2v) is 6.38. The monoisotopic (exact) mass is 442 g/mol. The Morgan fingerprint density at radius 1 is 1.29 bits per heavy atom. The highest BCUT2D eigenvalue weighted by atomic mass is 79.9. The lowest BCUT2D eigenvalue weighted by Gasteiger charge is -2.13. The van der Waals surface area contributed by atoms with Crippen LogP contribution in [-0.2, 0) is 4.79 Å². The van der Waals surface area contributed by atoms with Crippen LogP contribution in [0.3, 0.4) is 0 Å². The number of ether oxygens (including phenoxy) is 2. The molecule has 1 amide bonds. The molecular formula is C21H19BrN2O4. The topological polar surface area (TPSA) is 91.6 Å². The van der Waals surface area contributed by atoms with E-state index in [0.717, 1.165) is 0 Å². The van der Waals surface area contributed by atoms with Gasteiger partial charge in [0.2, 0.25) is 0 Å². The Labute approximate surface area is 171 Å². The number of nitrogens with zero attached hydrogens (tertiary/aromatic N) is 1. The van der Waals surface area contributed by atoms with Crippen LogP contribution in [0.2, 0.25) is 0 Å². The summed E-state index contributed by atoms with van der Waals surface area (Å²) < 4.78 is 11.8. The number of carbonyl (C=O) groups is 1. The molecule has 2 N–H and O–H groups in total. The van der Waals surface area contributed by atoms with Crippen molar-refractivity contribution in [2.24, 2.45) is 0 Å². The molecule has 0 saturated carbocycles. The van der Waals surface area contributed by atoms with Gasteiger partial charge < -0.3 is 19.9 Å². The SMILES string of the molecule is C=CCOc1cc(Br)c(/C=C(\C#N)C(=O)Nc2ccc(O)cc2)cc1OCC. The van der Waals surface area contributed by atoms with E-state index in [0.29, 0.717) is 40.4 Å². The van der Waals surface area contributed by atoms with Crippen LogP contribution in [0.5, 0.6) is 17.2 Å². The fourth-order valence-electron chi connectivity index (χ4n) is 2.24. The minimum Gasteiger partial charge on any atom is -0.508 e. The van der Waals surface area contributed by atoms with Gasteiger partial charge in [0.1, 0.15) is 24.0 Å². The van der Waals surface area contributed by atoms with E-state index in [1.54, 1.807) is 18.2 Å². The zero-order chi connectivity index (χ0) is 20.5. The number of benzene rings is 2. The molecule has 0 aromatic heterocycles. The first kappa shape index (κ1) is 21.1. The number of hydrogen-bond donors (Lipinski definition) is 2. The van der Waals surface area contributed by atoms with Crippen molar-refractivity contribution in [3.63, 3.8) is 0 Å². The largest absolute Gasteiger partial charge is 0.508 e. The Balaban J connectivity index is 2.32. The number of carbonyl (C=O) groups excluding carboxylic acids is 1. The summed E-state index contributed by atoms with van der Waals surface area (Å²) in [5.41, 5.74) is 0.967. The van der Waals surface area contributed by atoms with Crippen LogP contribution in [0, 0.1) is 11.3 Å². The zero-order valence-corrected chi connectivity index (χ0v) is 16.8. The van der Waals surface area contributed by atoms with E-state index in [4.69, 9.17) is 9.47 Å². The summed E-state index contributed by atoms with van der Waals surface area (Å²) in [4.78, 5) is 12.4. The number of hydrogen-bond acceptors (Lipinski definition) is 5. The smallest absolute Gasteiger partial charge is 0.266 e. The van der Waals surface area contributed by atoms with Crippen LogP contribution in [0.25, 0.3) is 6.08 Å². The third-order valence-corrected chi connectivity index (χ3v) is 4.20. The number of halogens is 1. The van der Waals surface area contributed by atoms with Crippen LogP contribution >= 0.6 is 15.9 Å².